The average molecular weight is 190 g/mol. The Hall–Kier alpha value is -1.77. The highest BCUT2D eigenvalue weighted by Crippen LogP contribution is 2.05. The quantitative estimate of drug-likeness (QED) is 0.726. The Morgan fingerprint density at radius 3 is 2.36 bits per heavy atom. The monoisotopic (exact) mass is 190 g/mol. The highest BCUT2D eigenvalue weighted by molar-refractivity contribution is 5.63. The predicted molar refractivity (Wildman–Crippen MR) is 53.3 cm³/mol. The maximum atomic E-state index is 10.1. The molecule has 0 aliphatic rings. The molecule has 0 spiro atoms. The van der Waals surface area contributed by atoms with Crippen molar-refractivity contribution in [2.75, 3.05) is 0 Å². The van der Waals surface area contributed by atoms with Crippen LogP contribution in [-0.2, 0) is 18.1 Å². The van der Waals surface area contributed by atoms with Gasteiger partial charge < -0.3 is 5.32 Å². The summed E-state index contributed by atoms with van der Waals surface area (Å²) in [4.78, 5) is 10.1. The maximum Gasteiger partial charge on any atom is 0.450 e. The number of benzene rings is 1. The first-order valence-corrected chi connectivity index (χ1v) is 4.36. The Kier molecular flexibility index (Phi) is 3.73. The van der Waals surface area contributed by atoms with Gasteiger partial charge in [0.2, 0.25) is 0 Å². The molecule has 0 aliphatic carbocycles. The van der Waals surface area contributed by atoms with Crippen molar-refractivity contribution in [1.82, 2.24) is 5.32 Å². The third-order valence-corrected chi connectivity index (χ3v) is 1.84. The highest BCUT2D eigenvalue weighted by atomic mass is 16.4. The van der Waals surface area contributed by atoms with Gasteiger partial charge >= 0.3 is 6.09 Å². The fourth-order valence-electron chi connectivity index (χ4n) is 1.13. The van der Waals surface area contributed by atoms with Crippen LogP contribution in [0.2, 0.25) is 0 Å². The lowest BCUT2D eigenvalue weighted by molar-refractivity contribution is 0.168. The van der Waals surface area contributed by atoms with Crippen molar-refractivity contribution in [3.05, 3.63) is 48.0 Å². The molecule has 3 nitrogen and oxygen atoms in total. The average Bonchev–Trinajstić information content (AvgIpc) is 2.17. The molecular weight excluding hydrogens is 178 g/mol. The standard InChI is InChI=1S/C11H12NO2/c1-2-3-9-4-6-10(7-5-9)8-12-11(13)14/h2,4-7,12H,1,3,8H2. The summed E-state index contributed by atoms with van der Waals surface area (Å²) in [6.45, 7) is 3.93. The van der Waals surface area contributed by atoms with Gasteiger partial charge in [0.05, 0.1) is 0 Å². The molecule has 0 atom stereocenters. The number of hydrogen-bond donors (Lipinski definition) is 1. The van der Waals surface area contributed by atoms with Gasteiger partial charge in [-0.3, -0.25) is 0 Å². The molecule has 1 N–H and O–H groups in total. The van der Waals surface area contributed by atoms with Gasteiger partial charge in [0.25, 0.3) is 0 Å². The lowest BCUT2D eigenvalue weighted by Crippen LogP contribution is -2.18. The first kappa shape index (κ1) is 10.3. The van der Waals surface area contributed by atoms with Crippen LogP contribution in [0, 0.1) is 0 Å². The highest BCUT2D eigenvalue weighted by Gasteiger charge is 1.97. The van der Waals surface area contributed by atoms with Crippen molar-refractivity contribution in [3.8, 4) is 0 Å². The fourth-order valence-corrected chi connectivity index (χ4v) is 1.13. The molecule has 0 bridgehead atoms. The van der Waals surface area contributed by atoms with Crippen LogP contribution in [0.3, 0.4) is 0 Å². The molecule has 0 saturated heterocycles. The number of nitrogens with one attached hydrogen (secondary N) is 1. The zero-order valence-corrected chi connectivity index (χ0v) is 7.82. The molecule has 1 aromatic rings. The van der Waals surface area contributed by atoms with Gasteiger partial charge in [0.15, 0.2) is 0 Å². The van der Waals surface area contributed by atoms with E-state index < -0.39 is 6.09 Å². The molecule has 14 heavy (non-hydrogen) atoms. The first-order chi connectivity index (χ1) is 6.72. The summed E-state index contributed by atoms with van der Waals surface area (Å²) in [6, 6.07) is 7.67. The summed E-state index contributed by atoms with van der Waals surface area (Å²) in [5, 5.41) is 12.3. The number of carbonyl (C=O) groups is 1. The van der Waals surface area contributed by atoms with E-state index in [9.17, 15) is 9.90 Å². The van der Waals surface area contributed by atoms with E-state index in [1.54, 1.807) is 0 Å². The molecule has 3 heteroatoms. The molecule has 1 rings (SSSR count). The molecule has 73 valence electrons. The van der Waals surface area contributed by atoms with Crippen LogP contribution in [0.4, 0.5) is 4.79 Å². The van der Waals surface area contributed by atoms with Crippen LogP contribution in [0.5, 0.6) is 0 Å². The van der Waals surface area contributed by atoms with E-state index in [2.05, 4.69) is 11.9 Å². The minimum absolute atomic E-state index is 0.288. The van der Waals surface area contributed by atoms with E-state index in [0.717, 1.165) is 17.5 Å². The Labute approximate surface area is 83.1 Å². The Morgan fingerprint density at radius 1 is 1.29 bits per heavy atom. The van der Waals surface area contributed by atoms with E-state index in [4.69, 9.17) is 0 Å². The summed E-state index contributed by atoms with van der Waals surface area (Å²) in [7, 11) is 0. The smallest absolute Gasteiger partial charge is 0.314 e. The lowest BCUT2D eigenvalue weighted by Gasteiger charge is -2.01. The molecule has 0 aromatic heterocycles. The Morgan fingerprint density at radius 2 is 1.86 bits per heavy atom. The fraction of sp³-hybridized carbons (Fsp3) is 0.182. The van der Waals surface area contributed by atoms with Gasteiger partial charge in [-0.2, -0.15) is 0 Å². The van der Waals surface area contributed by atoms with Gasteiger partial charge in [0, 0.05) is 6.54 Å². The number of hydrogen-bond acceptors (Lipinski definition) is 1. The third kappa shape index (κ3) is 3.31. The van der Waals surface area contributed by atoms with Crippen molar-refractivity contribution >= 4 is 6.09 Å². The summed E-state index contributed by atoms with van der Waals surface area (Å²) in [5.74, 6) is 0. The number of rotatable bonds is 4. The third-order valence-electron chi connectivity index (χ3n) is 1.84. The zero-order chi connectivity index (χ0) is 10.4. The second-order valence-electron chi connectivity index (χ2n) is 2.95. The van der Waals surface area contributed by atoms with Crippen molar-refractivity contribution in [1.29, 1.82) is 0 Å². The number of amides is 1. The van der Waals surface area contributed by atoms with Crippen LogP contribution >= 0.6 is 0 Å². The summed E-state index contributed by atoms with van der Waals surface area (Å²) < 4.78 is 0. The van der Waals surface area contributed by atoms with E-state index in [1.807, 2.05) is 30.3 Å². The van der Waals surface area contributed by atoms with Crippen LogP contribution in [-0.4, -0.2) is 6.09 Å². The number of carbonyl (C=O) groups excluding carboxylic acids is 1. The Bertz CT molecular complexity index is 317. The minimum Gasteiger partial charge on any atom is -0.314 e. The summed E-state index contributed by atoms with van der Waals surface area (Å²) in [5.41, 5.74) is 2.08. The second-order valence-corrected chi connectivity index (χ2v) is 2.95. The van der Waals surface area contributed by atoms with Crippen molar-refractivity contribution < 1.29 is 9.90 Å². The SMILES string of the molecule is C=CCc1ccc(CNC([O])=O)cc1. The van der Waals surface area contributed by atoms with E-state index in [0.29, 0.717) is 0 Å². The zero-order valence-electron chi connectivity index (χ0n) is 7.82. The van der Waals surface area contributed by atoms with Crippen molar-refractivity contribution in [2.24, 2.45) is 0 Å². The van der Waals surface area contributed by atoms with Crippen molar-refractivity contribution in [3.63, 3.8) is 0 Å². The molecule has 1 amide bonds. The molecule has 0 aliphatic heterocycles. The lowest BCUT2D eigenvalue weighted by atomic mass is 10.1. The van der Waals surface area contributed by atoms with E-state index in [1.165, 1.54) is 0 Å². The van der Waals surface area contributed by atoms with Gasteiger partial charge in [-0.1, -0.05) is 30.3 Å². The second kappa shape index (κ2) is 5.07. The van der Waals surface area contributed by atoms with Gasteiger partial charge in [0.1, 0.15) is 0 Å². The molecule has 0 fully saturated rings. The Balaban J connectivity index is 2.54. The van der Waals surface area contributed by atoms with Gasteiger partial charge in [-0.25, -0.2) is 9.90 Å². The largest absolute Gasteiger partial charge is 0.450 e. The minimum atomic E-state index is -1.25. The van der Waals surface area contributed by atoms with Crippen LogP contribution in [0.15, 0.2) is 36.9 Å². The summed E-state index contributed by atoms with van der Waals surface area (Å²) >= 11 is 0. The van der Waals surface area contributed by atoms with Crippen molar-refractivity contribution in [2.45, 2.75) is 13.0 Å². The molecule has 0 unspecified atom stereocenters. The van der Waals surface area contributed by atoms with Gasteiger partial charge in [-0.05, 0) is 17.5 Å². The molecular formula is C11H12NO2. The maximum absolute atomic E-state index is 10.1. The molecule has 0 saturated carbocycles. The first-order valence-electron chi connectivity index (χ1n) is 4.36. The number of allylic oxidation sites excluding steroid dienone is 1. The van der Waals surface area contributed by atoms with E-state index in [-0.39, 0.29) is 6.54 Å². The normalized spacial score (nSPS) is 9.43. The molecule has 1 aromatic carbocycles. The van der Waals surface area contributed by atoms with E-state index >= 15 is 0 Å². The molecule has 1 radical (unpaired) electrons. The summed E-state index contributed by atoms with van der Waals surface area (Å²) in [6.07, 6.45) is 1.41. The molecule has 0 heterocycles. The van der Waals surface area contributed by atoms with Crippen LogP contribution < -0.4 is 5.32 Å². The van der Waals surface area contributed by atoms with Gasteiger partial charge in [-0.15, -0.1) is 6.58 Å². The van der Waals surface area contributed by atoms with Crippen LogP contribution in [0.25, 0.3) is 0 Å². The predicted octanol–water partition coefficient (Wildman–Crippen LogP) is 2.06. The van der Waals surface area contributed by atoms with Crippen LogP contribution in [0.1, 0.15) is 11.1 Å². The topological polar surface area (TPSA) is 49.0 Å².